The molecule has 1 aromatic carbocycles. The number of carboxylic acid groups (broad SMARTS) is 1. The van der Waals surface area contributed by atoms with E-state index in [2.05, 4.69) is 25.7 Å². The number of hydrogen-bond acceptors (Lipinski definition) is 9. The van der Waals surface area contributed by atoms with Crippen LogP contribution in [0.25, 0.3) is 17.4 Å². The number of allylic oxidation sites excluding steroid dienone is 3. The first kappa shape index (κ1) is 52.3. The molecule has 308 valence electrons. The van der Waals surface area contributed by atoms with Crippen molar-refractivity contribution in [3.05, 3.63) is 82.6 Å². The van der Waals surface area contributed by atoms with Crippen molar-refractivity contribution in [2.24, 2.45) is 0 Å². The molecule has 0 spiro atoms. The van der Waals surface area contributed by atoms with Gasteiger partial charge in [0.05, 0.1) is 29.9 Å². The van der Waals surface area contributed by atoms with Gasteiger partial charge in [0.25, 0.3) is 20.2 Å². The van der Waals surface area contributed by atoms with Crippen LogP contribution in [0, 0.1) is 0 Å². The molecular weight excluding hydrogens is 807 g/mol. The van der Waals surface area contributed by atoms with Gasteiger partial charge in [-0.05, 0) is 92.1 Å². The monoisotopic (exact) mass is 863 g/mol. The molecule has 0 aromatic heterocycles. The summed E-state index contributed by atoms with van der Waals surface area (Å²) in [5.41, 5.74) is 3.44. The van der Waals surface area contributed by atoms with Gasteiger partial charge in [-0.1, -0.05) is 33.3 Å². The average Bonchev–Trinajstić information content (AvgIpc) is 3.34. The Morgan fingerprint density at radius 2 is 1.69 bits per heavy atom. The Morgan fingerprint density at radius 1 is 0.966 bits per heavy atom. The second-order valence-electron chi connectivity index (χ2n) is 15.3. The largest absolute Gasteiger partial charge is 1.00 e. The maximum absolute atomic E-state index is 12.3. The number of anilines is 1. The second kappa shape index (κ2) is 22.8. The number of ether oxygens (including phenoxy) is 2. The normalized spacial score (nSPS) is 17.0. The number of hydrogen-bond donors (Lipinski definition) is 3. The zero-order valence-electron chi connectivity index (χ0n) is 35.3. The van der Waals surface area contributed by atoms with Gasteiger partial charge in [-0.25, -0.2) is 4.58 Å². The summed E-state index contributed by atoms with van der Waals surface area (Å²) in [6, 6.07) is 12.6. The van der Waals surface area contributed by atoms with Crippen LogP contribution in [-0.4, -0.2) is 89.3 Å². The minimum absolute atomic E-state index is 0. The summed E-state index contributed by atoms with van der Waals surface area (Å²) in [6.07, 6.45) is 8.51. The van der Waals surface area contributed by atoms with Crippen molar-refractivity contribution >= 4 is 38.0 Å². The predicted molar refractivity (Wildman–Crippen MR) is 217 cm³/mol. The molecule has 2 heterocycles. The Hall–Kier alpha value is -1.86. The molecule has 1 atom stereocenters. The molecule has 1 aliphatic carbocycles. The summed E-state index contributed by atoms with van der Waals surface area (Å²) in [7, 11) is -6.96. The summed E-state index contributed by atoms with van der Waals surface area (Å²) in [5, 5.41) is 10.0. The first-order chi connectivity index (χ1) is 26.3. The summed E-state index contributed by atoms with van der Waals surface area (Å²) in [4.78, 5) is 13.1. The van der Waals surface area contributed by atoms with E-state index in [1.807, 2.05) is 60.9 Å². The van der Waals surface area contributed by atoms with Crippen LogP contribution in [0.3, 0.4) is 0 Å². The third-order valence-electron chi connectivity index (χ3n) is 10.1. The standard InChI is InChI=1S/C41H56N2O11S2.2Na/c1-7-42(21-12-26-55(46,47)48)30-16-18-33-34(40(2,3)4)28-31(54-37(33)27-30)13-11-14-38-41(5,20-23-53-25-24-52-6)35-29-32(56(49,50)51)17-19-36(35)43(38)22-10-8-9-15-39(44)45;;/h11,13-14,16-19,27-29H,7-10,12,15,20-26H2,1-6H3,(H2-,44,45,46,47,48,49,50,51);;/q;2*+1/p+1. The van der Waals surface area contributed by atoms with Gasteiger partial charge < -0.3 is 23.9 Å². The Bertz CT molecular complexity index is 2180. The number of rotatable bonds is 20. The molecule has 0 radical (unpaired) electrons. The van der Waals surface area contributed by atoms with E-state index in [-0.39, 0.29) is 88.0 Å². The summed E-state index contributed by atoms with van der Waals surface area (Å²) in [6.45, 7) is 13.2. The van der Waals surface area contributed by atoms with Crippen molar-refractivity contribution in [1.82, 2.24) is 4.58 Å². The summed E-state index contributed by atoms with van der Waals surface area (Å²) in [5.74, 6) is 0.0845. The Balaban J connectivity index is 0.00000580. The van der Waals surface area contributed by atoms with E-state index in [0.717, 1.165) is 33.4 Å². The van der Waals surface area contributed by atoms with Crippen molar-refractivity contribution in [2.45, 2.75) is 88.9 Å². The minimum Gasteiger partial charge on any atom is -0.481 e. The molecule has 13 nitrogen and oxygen atoms in total. The van der Waals surface area contributed by atoms with E-state index in [1.54, 1.807) is 13.2 Å². The maximum atomic E-state index is 12.3. The fraction of sp³-hybridized carbons (Fsp3) is 0.512. The van der Waals surface area contributed by atoms with Gasteiger partial charge in [0.1, 0.15) is 24.6 Å². The molecule has 1 unspecified atom stereocenters. The van der Waals surface area contributed by atoms with Crippen LogP contribution in [0.1, 0.15) is 90.0 Å². The summed E-state index contributed by atoms with van der Waals surface area (Å²) >= 11 is 0. The molecule has 0 amide bonds. The molecule has 3 N–H and O–H groups in total. The number of carbonyl (C=O) groups is 1. The molecule has 1 aromatic rings. The Morgan fingerprint density at radius 3 is 2.31 bits per heavy atom. The van der Waals surface area contributed by atoms with Gasteiger partial charge in [-0.15, -0.1) is 0 Å². The Labute approximate surface area is 388 Å². The number of nitrogens with zero attached hydrogens (tertiary/aromatic N) is 2. The van der Waals surface area contributed by atoms with Crippen LogP contribution in [0.4, 0.5) is 5.69 Å². The number of methoxy groups -OCH3 is 1. The summed E-state index contributed by atoms with van der Waals surface area (Å²) < 4.78 is 86.1. The van der Waals surface area contributed by atoms with Crippen molar-refractivity contribution in [2.75, 3.05) is 57.2 Å². The SMILES string of the molecule is CC[N+](CCCS(=O)(=O)O)=c1ccc2c(C(C)(C)C)cc(/C=C/C=C3/N(CCCCCC(=O)O)c4ccc(S(=O)(=O)O)cc4C3(C)CCOCCOC)oc-2c1.[Na+].[Na+]. The van der Waals surface area contributed by atoms with Crippen LogP contribution in [0.15, 0.2) is 69.6 Å². The molecule has 17 heteroatoms. The molecule has 3 aliphatic rings. The molecule has 0 fully saturated rings. The first-order valence-electron chi connectivity index (χ1n) is 19.0. The molecule has 58 heavy (non-hydrogen) atoms. The number of benzene rings is 2. The zero-order chi connectivity index (χ0) is 41.3. The number of aliphatic carboxylic acids is 1. The molecular formula is C41H57N2Na2O11S2+3. The van der Waals surface area contributed by atoms with E-state index < -0.39 is 31.6 Å². The van der Waals surface area contributed by atoms with Crippen molar-refractivity contribution in [1.29, 1.82) is 0 Å². The molecule has 0 saturated heterocycles. The van der Waals surface area contributed by atoms with Gasteiger partial charge in [0.15, 0.2) is 0 Å². The first-order valence-corrected chi connectivity index (χ1v) is 22.0. The predicted octanol–water partition coefficient (Wildman–Crippen LogP) is 0.380. The smallest absolute Gasteiger partial charge is 0.481 e. The second-order valence-corrected chi connectivity index (χ2v) is 18.3. The molecule has 4 rings (SSSR count). The number of unbranched alkanes of at least 4 members (excludes halogenated alkanes) is 2. The van der Waals surface area contributed by atoms with Gasteiger partial charge in [0, 0.05) is 61.5 Å². The van der Waals surface area contributed by atoms with Crippen molar-refractivity contribution < 1.29 is 109 Å². The van der Waals surface area contributed by atoms with Gasteiger partial charge in [0.2, 0.25) is 5.36 Å². The molecule has 2 aliphatic heterocycles. The van der Waals surface area contributed by atoms with Crippen molar-refractivity contribution in [3.8, 4) is 11.3 Å². The van der Waals surface area contributed by atoms with Crippen LogP contribution < -0.4 is 73.9 Å². The van der Waals surface area contributed by atoms with E-state index in [0.29, 0.717) is 76.7 Å². The molecule has 0 saturated carbocycles. The fourth-order valence-electron chi connectivity index (χ4n) is 7.18. The van der Waals surface area contributed by atoms with Gasteiger partial charge >= 0.3 is 65.1 Å². The van der Waals surface area contributed by atoms with E-state index >= 15 is 0 Å². The third-order valence-corrected chi connectivity index (χ3v) is 11.8. The third kappa shape index (κ3) is 14.4. The van der Waals surface area contributed by atoms with Crippen LogP contribution in [0.2, 0.25) is 0 Å². The average molecular weight is 864 g/mol. The number of carboxylic acids is 1. The quantitative estimate of drug-likeness (QED) is 0.0616. The van der Waals surface area contributed by atoms with Crippen molar-refractivity contribution in [3.63, 3.8) is 0 Å². The van der Waals surface area contributed by atoms with Gasteiger partial charge in [-0.2, -0.15) is 16.8 Å². The maximum Gasteiger partial charge on any atom is 1.00 e. The number of fused-ring (bicyclic) bond motifs is 2. The van der Waals surface area contributed by atoms with Gasteiger partial charge in [-0.3, -0.25) is 13.9 Å². The topological polar surface area (TPSA) is 184 Å². The minimum atomic E-state index is -4.49. The van der Waals surface area contributed by atoms with E-state index in [4.69, 9.17) is 19.0 Å². The fourth-order valence-corrected chi connectivity index (χ4v) is 8.18. The van der Waals surface area contributed by atoms with E-state index in [1.165, 1.54) is 12.1 Å². The van der Waals surface area contributed by atoms with Crippen LogP contribution in [-0.2, 0) is 45.3 Å². The van der Waals surface area contributed by atoms with E-state index in [9.17, 15) is 30.7 Å². The zero-order valence-corrected chi connectivity index (χ0v) is 40.9. The Kier molecular flexibility index (Phi) is 20.6. The van der Waals surface area contributed by atoms with Crippen LogP contribution in [0.5, 0.6) is 0 Å². The molecule has 0 bridgehead atoms. The van der Waals surface area contributed by atoms with Crippen LogP contribution >= 0.6 is 0 Å².